The number of nitrogens with zero attached hydrogens (tertiary/aromatic N) is 1. The lowest BCUT2D eigenvalue weighted by Gasteiger charge is -2.21. The van der Waals surface area contributed by atoms with Crippen molar-refractivity contribution in [2.45, 2.75) is 84.8 Å². The van der Waals surface area contributed by atoms with Crippen molar-refractivity contribution < 1.29 is 48.4 Å². The van der Waals surface area contributed by atoms with Crippen LogP contribution in [0.2, 0.25) is 0 Å². The standard InChI is InChI=1S/C20H19NO3.C6H12O2.C4H9NO2.C4H10O.C2H4O2/c22-12-14-6-5-11-21(14)20(23)24-13-19-17-9-3-1-7-15(17)16-8-2-4-10-18(16)19;1-3-4-5-8-6(2)7;1-5-3-4(6)7-2;1-4(2,3)5;1-2(3)4/h1-4,7-10,12,14,19H,5-6,11,13H2;3-5H2,1-2H3;5H,3H2,1-2H3;5H,1-3H3;1H3,(H,3,4). The molecule has 12 heteroatoms. The summed E-state index contributed by atoms with van der Waals surface area (Å²) in [4.78, 5) is 54.2. The molecular formula is C36H54N2O10. The summed E-state index contributed by atoms with van der Waals surface area (Å²) in [5, 5.41) is 18.6. The second-order valence-corrected chi connectivity index (χ2v) is 11.8. The molecule has 0 aromatic heterocycles. The minimum Gasteiger partial charge on any atom is -0.481 e. The lowest BCUT2D eigenvalue weighted by Crippen LogP contribution is -2.37. The van der Waals surface area contributed by atoms with Gasteiger partial charge in [0, 0.05) is 26.3 Å². The minimum atomic E-state index is -0.833. The fraction of sp³-hybridized carbons (Fsp3) is 0.528. The van der Waals surface area contributed by atoms with Crippen LogP contribution in [0.4, 0.5) is 4.79 Å². The van der Waals surface area contributed by atoms with Gasteiger partial charge < -0.3 is 34.5 Å². The Morgan fingerprint density at radius 3 is 1.88 bits per heavy atom. The second-order valence-electron chi connectivity index (χ2n) is 11.8. The number of benzene rings is 2. The van der Waals surface area contributed by atoms with Crippen LogP contribution in [0.1, 0.15) is 84.3 Å². The van der Waals surface area contributed by atoms with Gasteiger partial charge in [-0.25, -0.2) is 4.79 Å². The molecule has 0 saturated carbocycles. The summed E-state index contributed by atoms with van der Waals surface area (Å²) in [5.41, 5.74) is 4.31. The lowest BCUT2D eigenvalue weighted by molar-refractivity contribution is -0.141. The maximum absolute atomic E-state index is 12.3. The number of likely N-dealkylation sites (N-methyl/N-ethyl adjacent to an activating group) is 1. The SMILES string of the molecule is CC(=O)O.CC(C)(C)O.CCCCOC(C)=O.CNCC(=O)OC.O=CC1CCCN1C(=O)OCC1c2ccccc2-c2ccccc21. The van der Waals surface area contributed by atoms with Crippen molar-refractivity contribution in [1.82, 2.24) is 10.2 Å². The van der Waals surface area contributed by atoms with E-state index in [0.717, 1.165) is 38.9 Å². The highest BCUT2D eigenvalue weighted by Gasteiger charge is 2.32. The quantitative estimate of drug-likeness (QED) is 0.146. The van der Waals surface area contributed by atoms with Gasteiger partial charge in [0.2, 0.25) is 0 Å². The molecule has 4 rings (SSSR count). The molecule has 0 spiro atoms. The molecule has 1 unspecified atom stereocenters. The predicted molar refractivity (Wildman–Crippen MR) is 184 cm³/mol. The van der Waals surface area contributed by atoms with Gasteiger partial charge in [0.25, 0.3) is 5.97 Å². The van der Waals surface area contributed by atoms with Gasteiger partial charge in [0.05, 0.1) is 31.9 Å². The predicted octanol–water partition coefficient (Wildman–Crippen LogP) is 5.20. The van der Waals surface area contributed by atoms with E-state index in [2.05, 4.69) is 46.0 Å². The molecule has 1 amide bonds. The van der Waals surface area contributed by atoms with E-state index in [1.807, 2.05) is 24.3 Å². The molecule has 1 atom stereocenters. The number of carboxylic acids is 1. The highest BCUT2D eigenvalue weighted by Crippen LogP contribution is 2.44. The average Bonchev–Trinajstić information content (AvgIpc) is 3.62. The second kappa shape index (κ2) is 23.9. The Kier molecular flexibility index (Phi) is 21.8. The van der Waals surface area contributed by atoms with Gasteiger partial charge in [-0.15, -0.1) is 0 Å². The van der Waals surface area contributed by atoms with E-state index in [1.165, 1.54) is 36.3 Å². The monoisotopic (exact) mass is 674 g/mol. The number of fused-ring (bicyclic) bond motifs is 3. The van der Waals surface area contributed by atoms with Crippen LogP contribution in [0.5, 0.6) is 0 Å². The maximum atomic E-state index is 12.3. The van der Waals surface area contributed by atoms with E-state index in [0.29, 0.717) is 19.8 Å². The average molecular weight is 675 g/mol. The van der Waals surface area contributed by atoms with Crippen LogP contribution in [0.25, 0.3) is 11.1 Å². The summed E-state index contributed by atoms with van der Waals surface area (Å²) in [6.07, 6.45) is 4.09. The van der Waals surface area contributed by atoms with Crippen LogP contribution in [-0.2, 0) is 33.4 Å². The summed E-state index contributed by atoms with van der Waals surface area (Å²) >= 11 is 0. The highest BCUT2D eigenvalue weighted by molar-refractivity contribution is 5.79. The number of likely N-dealkylation sites (tertiary alicyclic amines) is 1. The smallest absolute Gasteiger partial charge is 0.410 e. The number of ether oxygens (including phenoxy) is 3. The molecule has 3 N–H and O–H groups in total. The maximum Gasteiger partial charge on any atom is 0.410 e. The van der Waals surface area contributed by atoms with E-state index in [-0.39, 0.29) is 36.5 Å². The van der Waals surface area contributed by atoms with E-state index in [9.17, 15) is 19.2 Å². The van der Waals surface area contributed by atoms with Gasteiger partial charge in [-0.2, -0.15) is 0 Å². The van der Waals surface area contributed by atoms with Crippen molar-refractivity contribution in [3.8, 4) is 11.1 Å². The van der Waals surface area contributed by atoms with Gasteiger partial charge in [-0.3, -0.25) is 19.3 Å². The number of aliphatic carboxylic acids is 1. The van der Waals surface area contributed by atoms with Crippen molar-refractivity contribution >= 4 is 30.3 Å². The molecule has 1 fully saturated rings. The van der Waals surface area contributed by atoms with Crippen molar-refractivity contribution in [2.75, 3.05) is 40.5 Å². The van der Waals surface area contributed by atoms with Crippen molar-refractivity contribution in [3.05, 3.63) is 59.7 Å². The van der Waals surface area contributed by atoms with E-state index >= 15 is 0 Å². The number of hydrogen-bond donors (Lipinski definition) is 3. The van der Waals surface area contributed by atoms with Crippen LogP contribution in [0, 0.1) is 0 Å². The first kappa shape index (κ1) is 43.7. The number of carboxylic acid groups (broad SMARTS) is 1. The fourth-order valence-electron chi connectivity index (χ4n) is 4.41. The number of rotatable bonds is 8. The number of amides is 1. The van der Waals surface area contributed by atoms with Crippen molar-refractivity contribution in [3.63, 3.8) is 0 Å². The van der Waals surface area contributed by atoms with Gasteiger partial charge in [0.1, 0.15) is 12.9 Å². The number of methoxy groups -OCH3 is 1. The van der Waals surface area contributed by atoms with Crippen LogP contribution >= 0.6 is 0 Å². The number of carbonyl (C=O) groups is 5. The Morgan fingerprint density at radius 1 is 0.979 bits per heavy atom. The van der Waals surface area contributed by atoms with Gasteiger partial charge in [-0.05, 0) is 69.3 Å². The number of unbranched alkanes of at least 4 members (excludes halogenated alkanes) is 1. The molecule has 268 valence electrons. The number of esters is 2. The fourth-order valence-corrected chi connectivity index (χ4v) is 4.41. The molecule has 0 radical (unpaired) electrons. The van der Waals surface area contributed by atoms with Gasteiger partial charge >= 0.3 is 18.0 Å². The van der Waals surface area contributed by atoms with Crippen LogP contribution in [-0.4, -0.2) is 97.5 Å². The molecule has 1 aliphatic carbocycles. The summed E-state index contributed by atoms with van der Waals surface area (Å²) < 4.78 is 14.5. The van der Waals surface area contributed by atoms with E-state index in [4.69, 9.17) is 19.7 Å². The summed E-state index contributed by atoms with van der Waals surface area (Å²) in [7, 11) is 3.05. The third-order valence-electron chi connectivity index (χ3n) is 6.38. The van der Waals surface area contributed by atoms with Gasteiger partial charge in [0.15, 0.2) is 0 Å². The first-order valence-corrected chi connectivity index (χ1v) is 15.9. The molecule has 2 aromatic carbocycles. The number of carbonyl (C=O) groups excluding carboxylic acids is 4. The summed E-state index contributed by atoms with van der Waals surface area (Å²) in [5.74, 6) is -1.19. The van der Waals surface area contributed by atoms with Crippen LogP contribution in [0.3, 0.4) is 0 Å². The molecule has 1 saturated heterocycles. The molecule has 12 nitrogen and oxygen atoms in total. The van der Waals surface area contributed by atoms with Crippen LogP contribution in [0.15, 0.2) is 48.5 Å². The Bertz CT molecular complexity index is 1220. The first-order valence-electron chi connectivity index (χ1n) is 15.9. The van der Waals surface area contributed by atoms with Gasteiger partial charge in [-0.1, -0.05) is 61.9 Å². The zero-order valence-electron chi connectivity index (χ0n) is 29.6. The number of hydrogen-bond acceptors (Lipinski definition) is 10. The lowest BCUT2D eigenvalue weighted by atomic mass is 9.98. The summed E-state index contributed by atoms with van der Waals surface area (Å²) in [6.45, 7) is 11.6. The highest BCUT2D eigenvalue weighted by atomic mass is 16.6. The molecule has 1 aliphatic heterocycles. The third-order valence-corrected chi connectivity index (χ3v) is 6.38. The normalized spacial score (nSPS) is 13.9. The topological polar surface area (TPSA) is 169 Å². The van der Waals surface area contributed by atoms with Crippen LogP contribution < -0.4 is 5.32 Å². The largest absolute Gasteiger partial charge is 0.481 e. The van der Waals surface area contributed by atoms with Crippen molar-refractivity contribution in [1.29, 1.82) is 0 Å². The molecule has 0 bridgehead atoms. The summed E-state index contributed by atoms with van der Waals surface area (Å²) in [6, 6.07) is 16.2. The molecular weight excluding hydrogens is 620 g/mol. The van der Waals surface area contributed by atoms with Crippen molar-refractivity contribution in [2.24, 2.45) is 0 Å². The number of nitrogens with one attached hydrogen (secondary N) is 1. The number of aliphatic hydroxyl groups is 1. The third kappa shape index (κ3) is 18.8. The zero-order valence-corrected chi connectivity index (χ0v) is 29.6. The zero-order chi connectivity index (χ0) is 36.7. The van der Waals surface area contributed by atoms with E-state index < -0.39 is 11.6 Å². The van der Waals surface area contributed by atoms with E-state index in [1.54, 1.807) is 32.7 Å². The molecule has 2 aliphatic rings. The number of aldehydes is 1. The Labute approximate surface area is 284 Å². The molecule has 2 aromatic rings. The molecule has 48 heavy (non-hydrogen) atoms. The minimum absolute atomic E-state index is 0.0543. The molecule has 1 heterocycles. The Morgan fingerprint density at radius 2 is 1.48 bits per heavy atom. The first-order chi connectivity index (χ1) is 22.6. The Hall–Kier alpha value is -4.29. The Balaban J connectivity index is 0.000000756.